The Morgan fingerprint density at radius 1 is 1.32 bits per heavy atom. The maximum Gasteiger partial charge on any atom is 0.267 e. The minimum atomic E-state index is -0.933. The Hall–Kier alpha value is -1.85. The lowest BCUT2D eigenvalue weighted by molar-refractivity contribution is 0.0369. The molecule has 0 saturated carbocycles. The van der Waals surface area contributed by atoms with Crippen molar-refractivity contribution in [3.05, 3.63) is 41.3 Å². The summed E-state index contributed by atoms with van der Waals surface area (Å²) >= 11 is 1.40. The fourth-order valence-electron chi connectivity index (χ4n) is 2.25. The lowest BCUT2D eigenvalue weighted by atomic mass is 10.1. The number of nitrogens with zero attached hydrogens (tertiary/aromatic N) is 1. The highest BCUT2D eigenvalue weighted by Crippen LogP contribution is 2.36. The van der Waals surface area contributed by atoms with E-state index in [2.05, 4.69) is 0 Å². The molecule has 0 atom stereocenters. The normalized spacial score (nSPS) is 11.3. The molecule has 0 aliphatic rings. The molecule has 2 rings (SSSR count). The third-order valence-electron chi connectivity index (χ3n) is 3.14. The molecule has 118 valence electrons. The highest BCUT2D eigenvalue weighted by atomic mass is 32.1. The number of aliphatic hydroxyl groups is 1. The van der Waals surface area contributed by atoms with E-state index in [4.69, 9.17) is 4.74 Å². The number of amides is 1. The van der Waals surface area contributed by atoms with Crippen LogP contribution in [0.2, 0.25) is 0 Å². The summed E-state index contributed by atoms with van der Waals surface area (Å²) in [5.41, 5.74) is 0.118. The molecule has 0 spiro atoms. The van der Waals surface area contributed by atoms with Gasteiger partial charge in [-0.3, -0.25) is 4.79 Å². The van der Waals surface area contributed by atoms with Crippen molar-refractivity contribution in [3.8, 4) is 16.2 Å². The second-order valence-electron chi connectivity index (χ2n) is 5.85. The van der Waals surface area contributed by atoms with Gasteiger partial charge in [-0.1, -0.05) is 30.3 Å². The standard InChI is InChI=1S/C17H21NO3S/c1-17(2,20)11-18(3)16(19)15-13(21-4)10-14(22-15)12-8-6-5-7-9-12/h5-10,20H,11H2,1-4H3. The fourth-order valence-corrected chi connectivity index (χ4v) is 3.37. The van der Waals surface area contributed by atoms with Crippen LogP contribution in [-0.4, -0.2) is 42.2 Å². The van der Waals surface area contributed by atoms with Gasteiger partial charge in [0.05, 0.1) is 12.7 Å². The number of likely N-dealkylation sites (N-methyl/N-ethyl adjacent to an activating group) is 1. The van der Waals surface area contributed by atoms with Gasteiger partial charge in [0.25, 0.3) is 5.91 Å². The quantitative estimate of drug-likeness (QED) is 0.920. The Morgan fingerprint density at radius 3 is 2.50 bits per heavy atom. The van der Waals surface area contributed by atoms with Crippen LogP contribution in [0, 0.1) is 0 Å². The third-order valence-corrected chi connectivity index (χ3v) is 4.29. The van der Waals surface area contributed by atoms with Crippen molar-refractivity contribution in [2.24, 2.45) is 0 Å². The van der Waals surface area contributed by atoms with Crippen molar-refractivity contribution in [2.75, 3.05) is 20.7 Å². The summed E-state index contributed by atoms with van der Waals surface area (Å²) in [6, 6.07) is 11.8. The zero-order chi connectivity index (χ0) is 16.3. The van der Waals surface area contributed by atoms with Gasteiger partial charge in [-0.25, -0.2) is 0 Å². The largest absolute Gasteiger partial charge is 0.495 e. The van der Waals surface area contributed by atoms with Gasteiger partial charge in [-0.15, -0.1) is 11.3 Å². The number of benzene rings is 1. The second kappa shape index (κ2) is 6.50. The van der Waals surface area contributed by atoms with Gasteiger partial charge in [0.15, 0.2) is 0 Å². The number of ether oxygens (including phenoxy) is 1. The molecule has 5 heteroatoms. The molecular weight excluding hydrogens is 298 g/mol. The Kier molecular flexibility index (Phi) is 4.88. The molecule has 0 bridgehead atoms. The number of carbonyl (C=O) groups is 1. The van der Waals surface area contributed by atoms with Crippen LogP contribution in [-0.2, 0) is 0 Å². The molecule has 4 nitrogen and oxygen atoms in total. The topological polar surface area (TPSA) is 49.8 Å². The van der Waals surface area contributed by atoms with Crippen LogP contribution in [0.15, 0.2) is 36.4 Å². The predicted octanol–water partition coefficient (Wildman–Crippen LogP) is 3.27. The number of rotatable bonds is 5. The Morgan fingerprint density at radius 2 is 1.95 bits per heavy atom. The van der Waals surface area contributed by atoms with E-state index in [1.165, 1.54) is 16.2 Å². The number of carbonyl (C=O) groups excluding carboxylic acids is 1. The summed E-state index contributed by atoms with van der Waals surface area (Å²) in [6.07, 6.45) is 0. The number of methoxy groups -OCH3 is 1. The van der Waals surface area contributed by atoms with Gasteiger partial charge in [-0.05, 0) is 25.5 Å². The molecule has 22 heavy (non-hydrogen) atoms. The number of hydrogen-bond acceptors (Lipinski definition) is 4. The average Bonchev–Trinajstić information content (AvgIpc) is 2.89. The molecule has 0 aliphatic carbocycles. The van der Waals surface area contributed by atoms with E-state index < -0.39 is 5.60 Å². The summed E-state index contributed by atoms with van der Waals surface area (Å²) in [7, 11) is 3.24. The zero-order valence-corrected chi connectivity index (χ0v) is 14.1. The van der Waals surface area contributed by atoms with Crippen molar-refractivity contribution >= 4 is 17.2 Å². The summed E-state index contributed by atoms with van der Waals surface area (Å²) in [4.78, 5) is 15.6. The lowest BCUT2D eigenvalue weighted by Crippen LogP contribution is -2.39. The Labute approximate surface area is 135 Å². The first kappa shape index (κ1) is 16.5. The van der Waals surface area contributed by atoms with Crippen LogP contribution in [0.1, 0.15) is 23.5 Å². The van der Waals surface area contributed by atoms with E-state index >= 15 is 0 Å². The minimum Gasteiger partial charge on any atom is -0.495 e. The van der Waals surface area contributed by atoms with Crippen LogP contribution in [0.25, 0.3) is 10.4 Å². The molecule has 1 aromatic carbocycles. The number of thiophene rings is 1. The van der Waals surface area contributed by atoms with Crippen LogP contribution in [0.5, 0.6) is 5.75 Å². The van der Waals surface area contributed by atoms with E-state index in [0.717, 1.165) is 10.4 Å². The molecule has 0 radical (unpaired) electrons. The number of hydrogen-bond donors (Lipinski definition) is 1. The fraction of sp³-hybridized carbons (Fsp3) is 0.353. The second-order valence-corrected chi connectivity index (χ2v) is 6.90. The molecule has 0 fully saturated rings. The smallest absolute Gasteiger partial charge is 0.267 e. The first-order valence-electron chi connectivity index (χ1n) is 7.03. The maximum absolute atomic E-state index is 12.6. The van der Waals surface area contributed by atoms with E-state index in [0.29, 0.717) is 10.6 Å². The summed E-state index contributed by atoms with van der Waals surface area (Å²) < 4.78 is 5.35. The van der Waals surface area contributed by atoms with Gasteiger partial charge in [0, 0.05) is 18.5 Å². The van der Waals surface area contributed by atoms with Gasteiger partial charge in [-0.2, -0.15) is 0 Å². The molecule has 1 N–H and O–H groups in total. The van der Waals surface area contributed by atoms with Gasteiger partial charge in [0.1, 0.15) is 10.6 Å². The molecule has 0 unspecified atom stereocenters. The highest BCUT2D eigenvalue weighted by Gasteiger charge is 2.25. The van der Waals surface area contributed by atoms with Gasteiger partial charge < -0.3 is 14.7 Å². The maximum atomic E-state index is 12.6. The third kappa shape index (κ3) is 3.87. The minimum absolute atomic E-state index is 0.147. The lowest BCUT2D eigenvalue weighted by Gasteiger charge is -2.25. The van der Waals surface area contributed by atoms with E-state index in [1.807, 2.05) is 36.4 Å². The SMILES string of the molecule is COc1cc(-c2ccccc2)sc1C(=O)N(C)CC(C)(C)O. The van der Waals surface area contributed by atoms with Crippen LogP contribution in [0.3, 0.4) is 0 Å². The Balaban J connectivity index is 2.31. The van der Waals surface area contributed by atoms with E-state index in [-0.39, 0.29) is 12.5 Å². The Bertz CT molecular complexity index is 644. The van der Waals surface area contributed by atoms with Crippen LogP contribution >= 0.6 is 11.3 Å². The van der Waals surface area contributed by atoms with Crippen molar-refractivity contribution in [1.29, 1.82) is 0 Å². The summed E-state index contributed by atoms with van der Waals surface area (Å²) in [5, 5.41) is 9.87. The predicted molar refractivity (Wildman–Crippen MR) is 89.6 cm³/mol. The first-order chi connectivity index (χ1) is 10.3. The van der Waals surface area contributed by atoms with E-state index in [9.17, 15) is 9.90 Å². The first-order valence-corrected chi connectivity index (χ1v) is 7.84. The van der Waals surface area contributed by atoms with Crippen molar-refractivity contribution in [1.82, 2.24) is 4.90 Å². The van der Waals surface area contributed by atoms with Crippen LogP contribution in [0.4, 0.5) is 0 Å². The molecule has 2 aromatic rings. The van der Waals surface area contributed by atoms with Gasteiger partial charge >= 0.3 is 0 Å². The summed E-state index contributed by atoms with van der Waals surface area (Å²) in [5.74, 6) is 0.419. The van der Waals surface area contributed by atoms with Crippen molar-refractivity contribution < 1.29 is 14.6 Å². The molecule has 0 aliphatic heterocycles. The van der Waals surface area contributed by atoms with Gasteiger partial charge in [0.2, 0.25) is 0 Å². The molecule has 0 saturated heterocycles. The zero-order valence-electron chi connectivity index (χ0n) is 13.3. The molecular formula is C17H21NO3S. The molecule has 1 heterocycles. The van der Waals surface area contributed by atoms with E-state index in [1.54, 1.807) is 28.0 Å². The monoisotopic (exact) mass is 319 g/mol. The van der Waals surface area contributed by atoms with Crippen LogP contribution < -0.4 is 4.74 Å². The molecule has 1 aromatic heterocycles. The molecule has 1 amide bonds. The van der Waals surface area contributed by atoms with Crippen molar-refractivity contribution in [2.45, 2.75) is 19.4 Å². The summed E-state index contributed by atoms with van der Waals surface area (Å²) in [6.45, 7) is 3.61. The van der Waals surface area contributed by atoms with Crippen molar-refractivity contribution in [3.63, 3.8) is 0 Å². The highest BCUT2D eigenvalue weighted by molar-refractivity contribution is 7.17. The average molecular weight is 319 g/mol.